The lowest BCUT2D eigenvalue weighted by Gasteiger charge is -2.11. The van der Waals surface area contributed by atoms with Crippen LogP contribution in [0.2, 0.25) is 0 Å². The highest BCUT2D eigenvalue weighted by Crippen LogP contribution is 2.12. The lowest BCUT2D eigenvalue weighted by Crippen LogP contribution is -2.19. The van der Waals surface area contributed by atoms with E-state index in [2.05, 4.69) is 22.3 Å². The van der Waals surface area contributed by atoms with Crippen LogP contribution in [0.1, 0.15) is 21.5 Å². The summed E-state index contributed by atoms with van der Waals surface area (Å²) in [5, 5.41) is 12.3. The molecule has 5 nitrogen and oxygen atoms in total. The Balaban J connectivity index is 1.71. The Bertz CT molecular complexity index is 669. The number of ether oxygens (including phenoxy) is 1. The van der Waals surface area contributed by atoms with Crippen LogP contribution in [0.25, 0.3) is 0 Å². The summed E-state index contributed by atoms with van der Waals surface area (Å²) in [7, 11) is 4.05. The molecule has 5 heteroatoms. The average Bonchev–Trinajstić information content (AvgIpc) is 2.60. The molecule has 0 amide bonds. The molecular weight excluding hydrogens is 316 g/mol. The third-order valence-corrected chi connectivity index (χ3v) is 3.82. The van der Waals surface area contributed by atoms with Crippen molar-refractivity contribution in [2.75, 3.05) is 33.8 Å². The van der Waals surface area contributed by atoms with Crippen molar-refractivity contribution in [3.63, 3.8) is 0 Å². The molecule has 0 unspecified atom stereocenters. The number of likely N-dealkylation sites (N-methyl/N-ethyl adjacent to an activating group) is 1. The number of benzene rings is 2. The predicted octanol–water partition coefficient (Wildman–Crippen LogP) is 2.66. The van der Waals surface area contributed by atoms with Gasteiger partial charge >= 0.3 is 5.97 Å². The summed E-state index contributed by atoms with van der Waals surface area (Å²) < 4.78 is 5.68. The van der Waals surface area contributed by atoms with Crippen LogP contribution in [-0.2, 0) is 13.0 Å². The quantitative estimate of drug-likeness (QED) is 0.650. The summed E-state index contributed by atoms with van der Waals surface area (Å²) in [5.74, 6) is -0.00112. The van der Waals surface area contributed by atoms with Gasteiger partial charge in [0.25, 0.3) is 0 Å². The van der Waals surface area contributed by atoms with Gasteiger partial charge in [0.15, 0.2) is 0 Å². The maximum Gasteiger partial charge on any atom is 0.335 e. The van der Waals surface area contributed by atoms with Crippen LogP contribution in [0.5, 0.6) is 5.75 Å². The third-order valence-electron chi connectivity index (χ3n) is 3.82. The van der Waals surface area contributed by atoms with E-state index in [-0.39, 0.29) is 0 Å². The number of carboxylic acids is 1. The van der Waals surface area contributed by atoms with Crippen LogP contribution in [0.15, 0.2) is 48.5 Å². The van der Waals surface area contributed by atoms with Crippen molar-refractivity contribution in [3.8, 4) is 5.75 Å². The molecule has 0 aliphatic carbocycles. The number of carboxylic acid groups (broad SMARTS) is 1. The highest BCUT2D eigenvalue weighted by atomic mass is 16.5. The maximum absolute atomic E-state index is 11.0. The molecule has 0 atom stereocenters. The van der Waals surface area contributed by atoms with E-state index >= 15 is 0 Å². The molecule has 0 saturated carbocycles. The first-order valence-corrected chi connectivity index (χ1v) is 8.44. The molecule has 2 aromatic rings. The van der Waals surface area contributed by atoms with E-state index in [1.54, 1.807) is 18.2 Å². The second-order valence-corrected chi connectivity index (χ2v) is 6.23. The number of carbonyl (C=O) groups is 1. The Morgan fingerprint density at radius 2 is 1.88 bits per heavy atom. The topological polar surface area (TPSA) is 61.8 Å². The van der Waals surface area contributed by atoms with Gasteiger partial charge < -0.3 is 20.1 Å². The van der Waals surface area contributed by atoms with E-state index in [0.29, 0.717) is 18.7 Å². The van der Waals surface area contributed by atoms with Crippen LogP contribution in [0, 0.1) is 0 Å². The first-order valence-electron chi connectivity index (χ1n) is 8.44. The summed E-state index contributed by atoms with van der Waals surface area (Å²) >= 11 is 0. The number of hydrogen-bond donors (Lipinski definition) is 2. The molecule has 2 aromatic carbocycles. The largest absolute Gasteiger partial charge is 0.492 e. The molecule has 134 valence electrons. The molecule has 0 heterocycles. The van der Waals surface area contributed by atoms with Crippen LogP contribution in [0.4, 0.5) is 0 Å². The molecule has 0 bridgehead atoms. The molecular formula is C20H26N2O3. The van der Waals surface area contributed by atoms with Gasteiger partial charge in [0.1, 0.15) is 12.4 Å². The van der Waals surface area contributed by atoms with Crippen molar-refractivity contribution in [2.45, 2.75) is 13.0 Å². The zero-order valence-electron chi connectivity index (χ0n) is 14.9. The van der Waals surface area contributed by atoms with Gasteiger partial charge in [-0.1, -0.05) is 24.3 Å². The number of nitrogens with zero attached hydrogens (tertiary/aromatic N) is 1. The molecule has 0 aliphatic heterocycles. The summed E-state index contributed by atoms with van der Waals surface area (Å²) in [5.41, 5.74) is 2.54. The number of aromatic carboxylic acids is 1. The van der Waals surface area contributed by atoms with Crippen molar-refractivity contribution >= 4 is 5.97 Å². The maximum atomic E-state index is 11.0. The van der Waals surface area contributed by atoms with Crippen molar-refractivity contribution in [1.82, 2.24) is 10.2 Å². The molecule has 0 aliphatic rings. The smallest absolute Gasteiger partial charge is 0.335 e. The SMILES string of the molecule is CN(C)CCOc1ccc(CCNCc2cccc(C(=O)O)c2)cc1. The number of nitrogens with one attached hydrogen (secondary N) is 1. The minimum atomic E-state index is -0.894. The summed E-state index contributed by atoms with van der Waals surface area (Å²) in [6.45, 7) is 3.07. The molecule has 2 rings (SSSR count). The number of rotatable bonds is 10. The Labute approximate surface area is 149 Å². The van der Waals surface area contributed by atoms with E-state index in [1.807, 2.05) is 32.3 Å². The first kappa shape index (κ1) is 19.0. The number of hydrogen-bond acceptors (Lipinski definition) is 4. The second kappa shape index (κ2) is 9.81. The fourth-order valence-corrected chi connectivity index (χ4v) is 2.38. The van der Waals surface area contributed by atoms with Crippen LogP contribution in [-0.4, -0.2) is 49.8 Å². The lowest BCUT2D eigenvalue weighted by molar-refractivity contribution is 0.0696. The average molecular weight is 342 g/mol. The fraction of sp³-hybridized carbons (Fsp3) is 0.350. The van der Waals surface area contributed by atoms with Gasteiger partial charge in [-0.3, -0.25) is 0 Å². The van der Waals surface area contributed by atoms with Crippen molar-refractivity contribution in [3.05, 3.63) is 65.2 Å². The predicted molar refractivity (Wildman–Crippen MR) is 99.3 cm³/mol. The highest BCUT2D eigenvalue weighted by molar-refractivity contribution is 5.87. The van der Waals surface area contributed by atoms with E-state index in [0.717, 1.165) is 30.8 Å². The molecule has 0 fully saturated rings. The van der Waals surface area contributed by atoms with Gasteiger partial charge in [-0.2, -0.15) is 0 Å². The molecule has 0 saturated heterocycles. The zero-order chi connectivity index (χ0) is 18.1. The van der Waals surface area contributed by atoms with Gasteiger partial charge in [-0.25, -0.2) is 4.79 Å². The van der Waals surface area contributed by atoms with E-state index < -0.39 is 5.97 Å². The third kappa shape index (κ3) is 6.95. The fourth-order valence-electron chi connectivity index (χ4n) is 2.38. The molecule has 0 aromatic heterocycles. The summed E-state index contributed by atoms with van der Waals surface area (Å²) in [4.78, 5) is 13.1. The van der Waals surface area contributed by atoms with Gasteiger partial charge in [0.2, 0.25) is 0 Å². The molecule has 2 N–H and O–H groups in total. The van der Waals surface area contributed by atoms with Gasteiger partial charge in [0.05, 0.1) is 5.56 Å². The molecule has 0 spiro atoms. The van der Waals surface area contributed by atoms with Crippen LogP contribution >= 0.6 is 0 Å². The van der Waals surface area contributed by atoms with Crippen LogP contribution < -0.4 is 10.1 Å². The second-order valence-electron chi connectivity index (χ2n) is 6.23. The van der Waals surface area contributed by atoms with Crippen molar-refractivity contribution in [1.29, 1.82) is 0 Å². The highest BCUT2D eigenvalue weighted by Gasteiger charge is 2.03. The minimum Gasteiger partial charge on any atom is -0.492 e. The first-order chi connectivity index (χ1) is 12.0. The van der Waals surface area contributed by atoms with Gasteiger partial charge in [-0.15, -0.1) is 0 Å². The van der Waals surface area contributed by atoms with Gasteiger partial charge in [0, 0.05) is 13.1 Å². The minimum absolute atomic E-state index is 0.323. The lowest BCUT2D eigenvalue weighted by atomic mass is 10.1. The monoisotopic (exact) mass is 342 g/mol. The Morgan fingerprint density at radius 3 is 2.56 bits per heavy atom. The Morgan fingerprint density at radius 1 is 1.12 bits per heavy atom. The van der Waals surface area contributed by atoms with E-state index in [9.17, 15) is 4.79 Å². The van der Waals surface area contributed by atoms with Crippen molar-refractivity contribution in [2.24, 2.45) is 0 Å². The standard InChI is InChI=1S/C20H26N2O3/c1-22(2)12-13-25-19-8-6-16(7-9-19)10-11-21-15-17-4-3-5-18(14-17)20(23)24/h3-9,14,21H,10-13,15H2,1-2H3,(H,23,24). The normalized spacial score (nSPS) is 10.8. The van der Waals surface area contributed by atoms with E-state index in [1.165, 1.54) is 5.56 Å². The summed E-state index contributed by atoms with van der Waals surface area (Å²) in [6.07, 6.45) is 0.913. The molecule has 25 heavy (non-hydrogen) atoms. The Hall–Kier alpha value is -2.37. The van der Waals surface area contributed by atoms with Gasteiger partial charge in [-0.05, 0) is 62.5 Å². The Kier molecular flexibility index (Phi) is 7.44. The van der Waals surface area contributed by atoms with E-state index in [4.69, 9.17) is 9.84 Å². The summed E-state index contributed by atoms with van der Waals surface area (Å²) in [6, 6.07) is 15.2. The zero-order valence-corrected chi connectivity index (χ0v) is 14.9. The van der Waals surface area contributed by atoms with Crippen LogP contribution in [0.3, 0.4) is 0 Å². The molecule has 0 radical (unpaired) electrons. The van der Waals surface area contributed by atoms with Crippen molar-refractivity contribution < 1.29 is 14.6 Å².